The maximum Gasteiger partial charge on any atom is 0.131 e. The van der Waals surface area contributed by atoms with Crippen LogP contribution < -0.4 is 10.6 Å². The van der Waals surface area contributed by atoms with Gasteiger partial charge in [0.2, 0.25) is 0 Å². The number of nitrogens with zero attached hydrogens (tertiary/aromatic N) is 2. The van der Waals surface area contributed by atoms with Crippen molar-refractivity contribution in [3.63, 3.8) is 0 Å². The fraction of sp³-hybridized carbons (Fsp3) is 0.438. The van der Waals surface area contributed by atoms with Crippen molar-refractivity contribution in [1.82, 2.24) is 20.6 Å². The van der Waals surface area contributed by atoms with Crippen LogP contribution in [0.5, 0.6) is 0 Å². The van der Waals surface area contributed by atoms with Gasteiger partial charge >= 0.3 is 0 Å². The van der Waals surface area contributed by atoms with Gasteiger partial charge in [0.1, 0.15) is 11.6 Å². The lowest BCUT2D eigenvalue weighted by atomic mass is 9.80. The van der Waals surface area contributed by atoms with E-state index < -0.39 is 0 Å². The summed E-state index contributed by atoms with van der Waals surface area (Å²) in [4.78, 5) is 12.8. The molecule has 194 valence electrons. The van der Waals surface area contributed by atoms with Crippen molar-refractivity contribution >= 4 is 11.3 Å². The van der Waals surface area contributed by atoms with Gasteiger partial charge in [0.05, 0.1) is 17.9 Å². The van der Waals surface area contributed by atoms with Gasteiger partial charge in [-0.3, -0.25) is 4.99 Å². The SMILES string of the molecule is Fc1cc(-c2cnc(C3CCCN3)[nH]2)ccc1-c1ccc(C2=CN=C([C@@H]3CCCN3)C2)c2c1C1CCC2C1. The first-order chi connectivity index (χ1) is 18.7. The Balaban J connectivity index is 1.12. The molecule has 0 radical (unpaired) electrons. The van der Waals surface area contributed by atoms with Crippen LogP contribution in [0, 0.1) is 5.82 Å². The molecule has 3 N–H and O–H groups in total. The van der Waals surface area contributed by atoms with Crippen molar-refractivity contribution in [3.05, 3.63) is 71.1 Å². The summed E-state index contributed by atoms with van der Waals surface area (Å²) >= 11 is 0. The summed E-state index contributed by atoms with van der Waals surface area (Å²) in [5.74, 6) is 1.92. The third-order valence-electron chi connectivity index (χ3n) is 9.66. The first-order valence-corrected chi connectivity index (χ1v) is 14.5. The van der Waals surface area contributed by atoms with Crippen molar-refractivity contribution in [3.8, 4) is 22.4 Å². The minimum Gasteiger partial charge on any atom is -0.341 e. The van der Waals surface area contributed by atoms with Crippen LogP contribution in [-0.2, 0) is 0 Å². The summed E-state index contributed by atoms with van der Waals surface area (Å²) in [7, 11) is 0. The molecule has 0 spiro atoms. The minimum absolute atomic E-state index is 0.159. The molecule has 1 aromatic heterocycles. The average molecular weight is 508 g/mol. The number of imidazole rings is 1. The molecule has 2 bridgehead atoms. The van der Waals surface area contributed by atoms with E-state index in [-0.39, 0.29) is 11.9 Å². The van der Waals surface area contributed by atoms with E-state index in [9.17, 15) is 0 Å². The fourth-order valence-corrected chi connectivity index (χ4v) is 7.81. The van der Waals surface area contributed by atoms with Gasteiger partial charge in [-0.05, 0) is 104 Å². The van der Waals surface area contributed by atoms with Gasteiger partial charge in [-0.25, -0.2) is 9.37 Å². The van der Waals surface area contributed by atoms with Crippen LogP contribution in [0.25, 0.3) is 28.0 Å². The van der Waals surface area contributed by atoms with Gasteiger partial charge in [-0.1, -0.05) is 24.3 Å². The second-order valence-corrected chi connectivity index (χ2v) is 11.8. The lowest BCUT2D eigenvalue weighted by Crippen LogP contribution is -2.29. The lowest BCUT2D eigenvalue weighted by Gasteiger charge is -2.24. The predicted octanol–water partition coefficient (Wildman–Crippen LogP) is 6.61. The molecule has 0 amide bonds. The standard InChI is InChI=1S/C32H34FN5/c33-25-14-18(29-17-37-32(38-29)27-4-2-12-35-27)7-8-23(25)24-10-9-22(30-19-5-6-20(13-19)31(24)30)21-15-28(36-16-21)26-3-1-11-34-26/h7-10,14,16-17,19-20,26-27,34-35H,1-6,11-13,15H2,(H,37,38)/t19?,20?,26-,27?/m0/s1. The monoisotopic (exact) mass is 507 g/mol. The summed E-state index contributed by atoms with van der Waals surface area (Å²) in [6.45, 7) is 2.12. The zero-order chi connectivity index (χ0) is 25.2. The number of allylic oxidation sites excluding steroid dienone is 1. The Bertz CT molecular complexity index is 1470. The highest BCUT2D eigenvalue weighted by Gasteiger charge is 2.41. The number of hydrogen-bond acceptors (Lipinski definition) is 4. The van der Waals surface area contributed by atoms with Crippen LogP contribution in [0.4, 0.5) is 4.39 Å². The molecule has 4 heterocycles. The number of fused-ring (bicyclic) bond motifs is 5. The molecule has 2 aromatic carbocycles. The molecule has 3 aliphatic heterocycles. The Labute approximate surface area is 223 Å². The molecule has 3 unspecified atom stereocenters. The van der Waals surface area contributed by atoms with Gasteiger partial charge < -0.3 is 15.6 Å². The van der Waals surface area contributed by atoms with Crippen molar-refractivity contribution < 1.29 is 4.39 Å². The van der Waals surface area contributed by atoms with Crippen molar-refractivity contribution in [2.75, 3.05) is 13.1 Å². The Morgan fingerprint density at radius 2 is 1.55 bits per heavy atom. The smallest absolute Gasteiger partial charge is 0.131 e. The molecular formula is C32H34FN5. The van der Waals surface area contributed by atoms with Gasteiger partial charge in [0.25, 0.3) is 0 Å². The maximum atomic E-state index is 15.8. The van der Waals surface area contributed by atoms with E-state index in [1.54, 1.807) is 6.07 Å². The molecule has 4 atom stereocenters. The van der Waals surface area contributed by atoms with Crippen LogP contribution in [-0.4, -0.2) is 34.8 Å². The molecule has 5 nitrogen and oxygen atoms in total. The molecule has 2 aliphatic carbocycles. The van der Waals surface area contributed by atoms with Gasteiger partial charge in [-0.15, -0.1) is 0 Å². The number of hydrogen-bond donors (Lipinski definition) is 3. The fourth-order valence-electron chi connectivity index (χ4n) is 7.81. The molecule has 38 heavy (non-hydrogen) atoms. The Kier molecular flexibility index (Phi) is 5.41. The Morgan fingerprint density at radius 3 is 2.32 bits per heavy atom. The van der Waals surface area contributed by atoms with E-state index in [2.05, 4.69) is 38.9 Å². The Morgan fingerprint density at radius 1 is 0.816 bits per heavy atom. The van der Waals surface area contributed by atoms with Crippen molar-refractivity contribution in [1.29, 1.82) is 0 Å². The van der Waals surface area contributed by atoms with Crippen LogP contribution in [0.3, 0.4) is 0 Å². The largest absolute Gasteiger partial charge is 0.341 e. The third kappa shape index (κ3) is 3.64. The highest BCUT2D eigenvalue weighted by Crippen LogP contribution is 2.58. The predicted molar refractivity (Wildman–Crippen MR) is 150 cm³/mol. The molecule has 3 fully saturated rings. The van der Waals surface area contributed by atoms with Gasteiger partial charge in [-0.2, -0.15) is 0 Å². The number of aromatic nitrogens is 2. The molecular weight excluding hydrogens is 473 g/mol. The summed E-state index contributed by atoms with van der Waals surface area (Å²) in [6.07, 6.45) is 13.2. The van der Waals surface area contributed by atoms with Crippen LogP contribution in [0.15, 0.2) is 47.7 Å². The Hall–Kier alpha value is -3.09. The minimum atomic E-state index is -0.159. The molecule has 8 rings (SSSR count). The molecule has 2 saturated heterocycles. The topological polar surface area (TPSA) is 65.1 Å². The number of nitrogens with one attached hydrogen (secondary N) is 3. The van der Waals surface area contributed by atoms with E-state index >= 15 is 4.39 Å². The second kappa shape index (κ2) is 8.99. The zero-order valence-corrected chi connectivity index (χ0v) is 21.7. The number of aromatic amines is 1. The van der Waals surface area contributed by atoms with Crippen molar-refractivity contribution in [2.24, 2.45) is 4.99 Å². The number of rotatable bonds is 5. The van der Waals surface area contributed by atoms with E-state index in [1.807, 2.05) is 18.3 Å². The second-order valence-electron chi connectivity index (χ2n) is 11.8. The summed E-state index contributed by atoms with van der Waals surface area (Å²) in [5, 5.41) is 7.08. The lowest BCUT2D eigenvalue weighted by molar-refractivity contribution is 0.613. The van der Waals surface area contributed by atoms with Crippen molar-refractivity contribution in [2.45, 2.75) is 75.3 Å². The van der Waals surface area contributed by atoms with E-state index in [0.717, 1.165) is 55.0 Å². The molecule has 6 heteroatoms. The van der Waals surface area contributed by atoms with E-state index in [1.165, 1.54) is 60.1 Å². The molecule has 1 saturated carbocycles. The highest BCUT2D eigenvalue weighted by molar-refractivity contribution is 6.02. The van der Waals surface area contributed by atoms with Crippen LogP contribution in [0.1, 0.15) is 91.8 Å². The molecule has 5 aliphatic rings. The van der Waals surface area contributed by atoms with Gasteiger partial charge in [0, 0.05) is 35.5 Å². The maximum absolute atomic E-state index is 15.8. The summed E-state index contributed by atoms with van der Waals surface area (Å²) < 4.78 is 15.8. The first-order valence-electron chi connectivity index (χ1n) is 14.5. The highest BCUT2D eigenvalue weighted by atomic mass is 19.1. The summed E-state index contributed by atoms with van der Waals surface area (Å²) in [6, 6.07) is 10.8. The average Bonchev–Trinajstić information content (AvgIpc) is 3.78. The number of aliphatic imine (C=N–C) groups is 1. The number of halogens is 1. The third-order valence-corrected chi connectivity index (χ3v) is 9.66. The first kappa shape index (κ1) is 22.9. The molecule has 3 aromatic rings. The normalized spacial score (nSPS) is 27.7. The van der Waals surface area contributed by atoms with Crippen LogP contribution >= 0.6 is 0 Å². The van der Waals surface area contributed by atoms with Crippen LogP contribution in [0.2, 0.25) is 0 Å². The quantitative estimate of drug-likeness (QED) is 0.364. The number of H-pyrrole nitrogens is 1. The summed E-state index contributed by atoms with van der Waals surface area (Å²) in [5.41, 5.74) is 10.4. The van der Waals surface area contributed by atoms with E-state index in [0.29, 0.717) is 23.4 Å². The zero-order valence-electron chi connectivity index (χ0n) is 21.7. The van der Waals surface area contributed by atoms with Gasteiger partial charge in [0.15, 0.2) is 0 Å². The van der Waals surface area contributed by atoms with E-state index in [4.69, 9.17) is 4.99 Å². The number of benzene rings is 2.